The number of hydrogen-bond acceptors (Lipinski definition) is 6. The number of carbonyl (C=O) groups is 2. The maximum absolute atomic E-state index is 13.2. The third kappa shape index (κ3) is 5.34. The molecule has 1 saturated heterocycles. The summed E-state index contributed by atoms with van der Waals surface area (Å²) in [6, 6.07) is 7.41. The molecule has 1 aliphatic heterocycles. The van der Waals surface area contributed by atoms with Gasteiger partial charge in [-0.3, -0.25) is 9.59 Å². The van der Waals surface area contributed by atoms with Crippen molar-refractivity contribution in [2.45, 2.75) is 26.1 Å². The van der Waals surface area contributed by atoms with Gasteiger partial charge in [-0.15, -0.1) is 10.2 Å². The predicted molar refractivity (Wildman–Crippen MR) is 113 cm³/mol. The Kier molecular flexibility index (Phi) is 6.97. The van der Waals surface area contributed by atoms with Crippen LogP contribution in [0.4, 0.5) is 24.8 Å². The number of nitrogens with two attached hydrogens (primary N) is 1. The molecule has 1 atom stereocenters. The van der Waals surface area contributed by atoms with Gasteiger partial charge in [-0.2, -0.15) is 13.2 Å². The molecule has 0 spiro atoms. The molecular formula is C21H25F3N6O2. The van der Waals surface area contributed by atoms with E-state index >= 15 is 0 Å². The van der Waals surface area contributed by atoms with Crippen LogP contribution in [0.25, 0.3) is 0 Å². The number of amides is 2. The second-order valence-electron chi connectivity index (χ2n) is 7.86. The molecule has 1 fully saturated rings. The van der Waals surface area contributed by atoms with Gasteiger partial charge in [0.2, 0.25) is 5.91 Å². The van der Waals surface area contributed by atoms with E-state index in [0.29, 0.717) is 18.9 Å². The SMILES string of the molecule is CC(C)C(N)C(=O)Nc1ccc(N2CCN(C(=O)c3ccccc3C(F)(F)F)CC2)nn1. The number of anilines is 2. The Morgan fingerprint density at radius 3 is 2.25 bits per heavy atom. The number of rotatable bonds is 5. The number of aromatic nitrogens is 2. The van der Waals surface area contributed by atoms with Gasteiger partial charge in [0.25, 0.3) is 5.91 Å². The topological polar surface area (TPSA) is 104 Å². The number of alkyl halides is 3. The van der Waals surface area contributed by atoms with Crippen molar-refractivity contribution in [3.05, 3.63) is 47.5 Å². The monoisotopic (exact) mass is 450 g/mol. The summed E-state index contributed by atoms with van der Waals surface area (Å²) in [6.45, 7) is 4.94. The van der Waals surface area contributed by atoms with Crippen LogP contribution in [0.1, 0.15) is 29.8 Å². The predicted octanol–water partition coefficient (Wildman–Crippen LogP) is 2.38. The van der Waals surface area contributed by atoms with Crippen LogP contribution < -0.4 is 16.0 Å². The van der Waals surface area contributed by atoms with Crippen molar-refractivity contribution < 1.29 is 22.8 Å². The Balaban J connectivity index is 1.61. The number of hydrogen-bond donors (Lipinski definition) is 2. The zero-order valence-electron chi connectivity index (χ0n) is 17.8. The summed E-state index contributed by atoms with van der Waals surface area (Å²) >= 11 is 0. The first-order valence-electron chi connectivity index (χ1n) is 10.2. The maximum Gasteiger partial charge on any atom is 0.417 e. The summed E-state index contributed by atoms with van der Waals surface area (Å²) in [7, 11) is 0. The van der Waals surface area contributed by atoms with Crippen LogP contribution in [0, 0.1) is 5.92 Å². The van der Waals surface area contributed by atoms with Gasteiger partial charge in [0.15, 0.2) is 11.6 Å². The van der Waals surface area contributed by atoms with Crippen molar-refractivity contribution in [1.29, 1.82) is 0 Å². The second-order valence-corrected chi connectivity index (χ2v) is 7.86. The third-order valence-electron chi connectivity index (χ3n) is 5.28. The molecule has 1 unspecified atom stereocenters. The first-order chi connectivity index (χ1) is 15.1. The first kappa shape index (κ1) is 23.5. The van der Waals surface area contributed by atoms with E-state index in [-0.39, 0.29) is 36.3 Å². The van der Waals surface area contributed by atoms with Crippen LogP contribution in [0.3, 0.4) is 0 Å². The summed E-state index contributed by atoms with van der Waals surface area (Å²) < 4.78 is 39.7. The Morgan fingerprint density at radius 2 is 1.69 bits per heavy atom. The van der Waals surface area contributed by atoms with Crippen LogP contribution in [0.15, 0.2) is 36.4 Å². The Hall–Kier alpha value is -3.21. The number of carbonyl (C=O) groups excluding carboxylic acids is 2. The fraction of sp³-hybridized carbons (Fsp3) is 0.429. The van der Waals surface area contributed by atoms with Crippen molar-refractivity contribution in [2.24, 2.45) is 11.7 Å². The van der Waals surface area contributed by atoms with E-state index in [1.807, 2.05) is 18.7 Å². The molecule has 11 heteroatoms. The molecule has 32 heavy (non-hydrogen) atoms. The lowest BCUT2D eigenvalue weighted by molar-refractivity contribution is -0.138. The van der Waals surface area contributed by atoms with Gasteiger partial charge < -0.3 is 20.9 Å². The van der Waals surface area contributed by atoms with Gasteiger partial charge in [-0.25, -0.2) is 0 Å². The van der Waals surface area contributed by atoms with Gasteiger partial charge in [0.1, 0.15) is 0 Å². The lowest BCUT2D eigenvalue weighted by Gasteiger charge is -2.35. The largest absolute Gasteiger partial charge is 0.417 e. The molecule has 0 saturated carbocycles. The molecule has 3 N–H and O–H groups in total. The van der Waals surface area contributed by atoms with Crippen molar-refractivity contribution >= 4 is 23.5 Å². The van der Waals surface area contributed by atoms with Gasteiger partial charge >= 0.3 is 6.18 Å². The highest BCUT2D eigenvalue weighted by Crippen LogP contribution is 2.32. The number of nitrogens with one attached hydrogen (secondary N) is 1. The number of benzene rings is 1. The third-order valence-corrected chi connectivity index (χ3v) is 5.28. The smallest absolute Gasteiger partial charge is 0.352 e. The highest BCUT2D eigenvalue weighted by atomic mass is 19.4. The quantitative estimate of drug-likeness (QED) is 0.725. The Bertz CT molecular complexity index is 957. The highest BCUT2D eigenvalue weighted by Gasteiger charge is 2.36. The summed E-state index contributed by atoms with van der Waals surface area (Å²) in [5, 5.41) is 10.7. The van der Waals surface area contributed by atoms with Crippen molar-refractivity contribution in [3.63, 3.8) is 0 Å². The number of piperazine rings is 1. The molecule has 172 valence electrons. The minimum absolute atomic E-state index is 0.0238. The molecule has 2 amide bonds. The van der Waals surface area contributed by atoms with E-state index < -0.39 is 23.7 Å². The van der Waals surface area contributed by atoms with Crippen molar-refractivity contribution in [2.75, 3.05) is 36.4 Å². The fourth-order valence-corrected chi connectivity index (χ4v) is 3.30. The van der Waals surface area contributed by atoms with Crippen molar-refractivity contribution in [1.82, 2.24) is 15.1 Å². The molecule has 8 nitrogen and oxygen atoms in total. The minimum Gasteiger partial charge on any atom is -0.352 e. The van der Waals surface area contributed by atoms with E-state index in [0.717, 1.165) is 6.07 Å². The second kappa shape index (κ2) is 9.51. The van der Waals surface area contributed by atoms with Crippen LogP contribution in [-0.2, 0) is 11.0 Å². The van der Waals surface area contributed by atoms with E-state index in [9.17, 15) is 22.8 Å². The minimum atomic E-state index is -4.60. The van der Waals surface area contributed by atoms with E-state index in [2.05, 4.69) is 15.5 Å². The molecule has 0 radical (unpaired) electrons. The van der Waals surface area contributed by atoms with E-state index in [4.69, 9.17) is 5.73 Å². The highest BCUT2D eigenvalue weighted by molar-refractivity contribution is 5.96. The molecule has 1 aromatic carbocycles. The van der Waals surface area contributed by atoms with E-state index in [1.54, 1.807) is 12.1 Å². The summed E-state index contributed by atoms with van der Waals surface area (Å²) in [4.78, 5) is 28.0. The average Bonchev–Trinajstić information content (AvgIpc) is 2.78. The lowest BCUT2D eigenvalue weighted by atomic mass is 10.1. The first-order valence-corrected chi connectivity index (χ1v) is 10.2. The van der Waals surface area contributed by atoms with E-state index in [1.165, 1.54) is 23.1 Å². The Morgan fingerprint density at radius 1 is 1.03 bits per heavy atom. The zero-order chi connectivity index (χ0) is 23.5. The summed E-state index contributed by atoms with van der Waals surface area (Å²) in [5.74, 6) is -0.216. The van der Waals surface area contributed by atoms with Gasteiger partial charge in [0, 0.05) is 26.2 Å². The van der Waals surface area contributed by atoms with Gasteiger partial charge in [0.05, 0.1) is 17.2 Å². The van der Waals surface area contributed by atoms with Crippen LogP contribution in [0.5, 0.6) is 0 Å². The van der Waals surface area contributed by atoms with Gasteiger partial charge in [-0.05, 0) is 30.2 Å². The normalized spacial score (nSPS) is 15.6. The zero-order valence-corrected chi connectivity index (χ0v) is 17.8. The van der Waals surface area contributed by atoms with Crippen LogP contribution >= 0.6 is 0 Å². The van der Waals surface area contributed by atoms with Crippen LogP contribution in [-0.4, -0.2) is 59.1 Å². The number of nitrogens with zero attached hydrogens (tertiary/aromatic N) is 4. The lowest BCUT2D eigenvalue weighted by Crippen LogP contribution is -2.49. The molecule has 2 heterocycles. The number of halogens is 3. The standard InChI is InChI=1S/C21H25F3N6O2/c1-13(2)18(25)19(31)26-16-7-8-17(28-27-16)29-9-11-30(12-10-29)20(32)14-5-3-4-6-15(14)21(22,23)24/h3-8,13,18H,9-12,25H2,1-2H3,(H,26,27,31). The van der Waals surface area contributed by atoms with Gasteiger partial charge in [-0.1, -0.05) is 26.0 Å². The van der Waals surface area contributed by atoms with Crippen molar-refractivity contribution in [3.8, 4) is 0 Å². The molecule has 3 rings (SSSR count). The molecular weight excluding hydrogens is 425 g/mol. The molecule has 1 aliphatic rings. The van der Waals surface area contributed by atoms with Crippen LogP contribution in [0.2, 0.25) is 0 Å². The Labute approximate surface area is 183 Å². The summed E-state index contributed by atoms with van der Waals surface area (Å²) in [5.41, 5.74) is 4.51. The molecule has 2 aromatic rings. The maximum atomic E-state index is 13.2. The molecule has 0 bridgehead atoms. The summed E-state index contributed by atoms with van der Waals surface area (Å²) in [6.07, 6.45) is -4.60. The molecule has 0 aliphatic carbocycles. The average molecular weight is 450 g/mol. The fourth-order valence-electron chi connectivity index (χ4n) is 3.30. The molecule has 1 aromatic heterocycles.